The van der Waals surface area contributed by atoms with Gasteiger partial charge in [0.2, 0.25) is 0 Å². The quantitative estimate of drug-likeness (QED) is 0.0155. The summed E-state index contributed by atoms with van der Waals surface area (Å²) in [5, 5.41) is 49.7. The number of hydrogen-bond acceptors (Lipinski definition) is 12. The Morgan fingerprint density at radius 2 is 1.31 bits per heavy atom. The SMILES string of the molecule is CCCCC/C=C\C/C=C\C/C=C\CCCCC(=O)O[C@H](COC(=O)CCCCCC[C@@H]1[C@@H](/C=C/[C@@H](O)CCCCC)[C@H](O)C[C@@H]1O)COP(=O)(O)OC[C@@H](O)CO. The predicted octanol–water partition coefficient (Wildman–Crippen LogP) is 7.71. The third-order valence-corrected chi connectivity index (χ3v) is 11.0. The Balaban J connectivity index is 2.48. The van der Waals surface area contributed by atoms with Crippen LogP contribution in [0.5, 0.6) is 0 Å². The van der Waals surface area contributed by atoms with E-state index in [1.54, 1.807) is 6.08 Å². The summed E-state index contributed by atoms with van der Waals surface area (Å²) in [6.07, 6.45) is 28.6. The molecule has 0 radical (unpaired) electrons. The van der Waals surface area contributed by atoms with E-state index in [2.05, 4.69) is 54.8 Å². The summed E-state index contributed by atoms with van der Waals surface area (Å²) in [6, 6.07) is 0. The fourth-order valence-corrected chi connectivity index (χ4v) is 7.41. The van der Waals surface area contributed by atoms with E-state index in [1.807, 2.05) is 6.08 Å². The first-order chi connectivity index (χ1) is 27.9. The Kier molecular flexibility index (Phi) is 32.0. The summed E-state index contributed by atoms with van der Waals surface area (Å²) in [7, 11) is -4.68. The third-order valence-electron chi connectivity index (χ3n) is 10.1. The van der Waals surface area contributed by atoms with Gasteiger partial charge in [0, 0.05) is 25.2 Å². The molecule has 1 aliphatic carbocycles. The topological polar surface area (TPSA) is 210 Å². The van der Waals surface area contributed by atoms with Crippen LogP contribution in [0.15, 0.2) is 48.6 Å². The van der Waals surface area contributed by atoms with E-state index < -0.39 is 76.7 Å². The summed E-state index contributed by atoms with van der Waals surface area (Å²) in [5.41, 5.74) is 0. The lowest BCUT2D eigenvalue weighted by Gasteiger charge is -2.21. The van der Waals surface area contributed by atoms with Crippen molar-refractivity contribution < 1.29 is 63.1 Å². The molecule has 0 heterocycles. The van der Waals surface area contributed by atoms with Gasteiger partial charge in [-0.3, -0.25) is 18.6 Å². The molecule has 0 amide bonds. The molecule has 58 heavy (non-hydrogen) atoms. The van der Waals surface area contributed by atoms with Gasteiger partial charge in [0.15, 0.2) is 6.10 Å². The fourth-order valence-electron chi connectivity index (χ4n) is 6.62. The number of aliphatic hydroxyl groups excluding tert-OH is 5. The van der Waals surface area contributed by atoms with E-state index in [0.717, 1.165) is 70.6 Å². The maximum absolute atomic E-state index is 12.6. The third kappa shape index (κ3) is 28.3. The number of carbonyl (C=O) groups is 2. The highest BCUT2D eigenvalue weighted by Crippen LogP contribution is 2.43. The summed E-state index contributed by atoms with van der Waals surface area (Å²) < 4.78 is 32.7. The molecular weight excluding hydrogens is 767 g/mol. The number of esters is 2. The van der Waals surface area contributed by atoms with E-state index in [1.165, 1.54) is 19.3 Å². The van der Waals surface area contributed by atoms with E-state index in [4.69, 9.17) is 19.1 Å². The van der Waals surface area contributed by atoms with Gasteiger partial charge in [0.1, 0.15) is 12.7 Å². The molecular formula is C44H77O13P. The van der Waals surface area contributed by atoms with Crippen LogP contribution in [0.4, 0.5) is 0 Å². The number of rotatable bonds is 36. The fraction of sp³-hybridized carbons (Fsp3) is 0.773. The average Bonchev–Trinajstić information content (AvgIpc) is 3.47. The van der Waals surface area contributed by atoms with Gasteiger partial charge in [0.05, 0.1) is 38.1 Å². The highest BCUT2D eigenvalue weighted by Gasteiger charge is 2.39. The highest BCUT2D eigenvalue weighted by molar-refractivity contribution is 7.47. The molecule has 336 valence electrons. The highest BCUT2D eigenvalue weighted by atomic mass is 31.2. The molecule has 0 saturated heterocycles. The molecule has 13 nitrogen and oxygen atoms in total. The van der Waals surface area contributed by atoms with E-state index >= 15 is 0 Å². The second-order valence-corrected chi connectivity index (χ2v) is 16.8. The normalized spacial score (nSPS) is 21.3. The summed E-state index contributed by atoms with van der Waals surface area (Å²) in [4.78, 5) is 35.2. The maximum Gasteiger partial charge on any atom is 0.472 e. The maximum atomic E-state index is 12.6. The van der Waals surface area contributed by atoms with Gasteiger partial charge in [-0.1, -0.05) is 114 Å². The van der Waals surface area contributed by atoms with Crippen LogP contribution in [0.25, 0.3) is 0 Å². The van der Waals surface area contributed by atoms with Crippen LogP contribution in [0.2, 0.25) is 0 Å². The van der Waals surface area contributed by atoms with Crippen molar-refractivity contribution in [2.45, 2.75) is 179 Å². The van der Waals surface area contributed by atoms with Gasteiger partial charge >= 0.3 is 19.8 Å². The number of aliphatic hydroxyl groups is 5. The Labute approximate surface area is 348 Å². The monoisotopic (exact) mass is 845 g/mol. The predicted molar refractivity (Wildman–Crippen MR) is 226 cm³/mol. The van der Waals surface area contributed by atoms with Crippen molar-refractivity contribution in [1.82, 2.24) is 0 Å². The Morgan fingerprint density at radius 1 is 0.724 bits per heavy atom. The molecule has 0 aromatic carbocycles. The molecule has 1 fully saturated rings. The van der Waals surface area contributed by atoms with Crippen LogP contribution in [0.3, 0.4) is 0 Å². The average molecular weight is 845 g/mol. The number of unbranched alkanes of at least 4 members (excludes halogenated alkanes) is 10. The Hall–Kier alpha value is -2.19. The minimum absolute atomic E-state index is 0.0909. The second kappa shape index (κ2) is 34.5. The zero-order chi connectivity index (χ0) is 42.9. The van der Waals surface area contributed by atoms with Gasteiger partial charge in [-0.15, -0.1) is 0 Å². The van der Waals surface area contributed by atoms with E-state index in [0.29, 0.717) is 32.1 Å². The van der Waals surface area contributed by atoms with E-state index in [9.17, 15) is 39.5 Å². The van der Waals surface area contributed by atoms with E-state index in [-0.39, 0.29) is 24.7 Å². The van der Waals surface area contributed by atoms with Crippen LogP contribution >= 0.6 is 7.82 Å². The second-order valence-electron chi connectivity index (χ2n) is 15.3. The Bertz CT molecular complexity index is 1220. The molecule has 0 aromatic heterocycles. The van der Waals surface area contributed by atoms with Gasteiger partial charge in [0.25, 0.3) is 0 Å². The molecule has 1 unspecified atom stereocenters. The number of phosphoric acid groups is 1. The van der Waals surface area contributed by atoms with Crippen LogP contribution in [-0.2, 0) is 32.7 Å². The lowest BCUT2D eigenvalue weighted by Crippen LogP contribution is -2.29. The molecule has 0 aromatic rings. The molecule has 8 atom stereocenters. The molecule has 6 N–H and O–H groups in total. The van der Waals surface area contributed by atoms with Crippen LogP contribution in [0.1, 0.15) is 149 Å². The van der Waals surface area contributed by atoms with Crippen molar-refractivity contribution in [1.29, 1.82) is 0 Å². The van der Waals surface area contributed by atoms with Crippen LogP contribution < -0.4 is 0 Å². The van der Waals surface area contributed by atoms with Crippen molar-refractivity contribution in [3.8, 4) is 0 Å². The number of hydrogen-bond donors (Lipinski definition) is 6. The Morgan fingerprint density at radius 3 is 1.98 bits per heavy atom. The van der Waals surface area contributed by atoms with Gasteiger partial charge in [-0.25, -0.2) is 4.57 Å². The van der Waals surface area contributed by atoms with Gasteiger partial charge in [-0.05, 0) is 70.1 Å². The molecule has 1 rings (SSSR count). The number of ether oxygens (including phenoxy) is 2. The van der Waals surface area contributed by atoms with Gasteiger partial charge < -0.3 is 39.9 Å². The van der Waals surface area contributed by atoms with Gasteiger partial charge in [-0.2, -0.15) is 0 Å². The first-order valence-electron chi connectivity index (χ1n) is 21.9. The summed E-state index contributed by atoms with van der Waals surface area (Å²) >= 11 is 0. The molecule has 0 spiro atoms. The molecule has 0 bridgehead atoms. The molecule has 14 heteroatoms. The number of carbonyl (C=O) groups excluding carboxylic acids is 2. The minimum atomic E-state index is -4.68. The smallest absolute Gasteiger partial charge is 0.462 e. The summed E-state index contributed by atoms with van der Waals surface area (Å²) in [6.45, 7) is 1.95. The first-order valence-corrected chi connectivity index (χ1v) is 23.3. The van der Waals surface area contributed by atoms with Crippen molar-refractivity contribution >= 4 is 19.8 Å². The summed E-state index contributed by atoms with van der Waals surface area (Å²) in [5.74, 6) is -1.43. The lowest BCUT2D eigenvalue weighted by atomic mass is 9.88. The zero-order valence-corrected chi connectivity index (χ0v) is 36.2. The standard InChI is InChI=1S/C44H77O13P/c1-3-5-7-8-9-10-11-12-13-14-15-16-17-18-24-28-44(51)57-38(35-56-58(52,53)55-33-37(47)32-45)34-54-43(50)27-23-20-19-22-26-39-40(42(49)31-41(39)48)30-29-36(46)25-21-6-4-2/h9-10,12-13,15-16,29-30,36-42,45-49H,3-8,11,14,17-28,31-35H2,1-2H3,(H,52,53)/b10-9-,13-12-,16-15-,30-29+/t36-,37-,38+,39+,40+,41-,42+/m0/s1. The molecule has 0 aliphatic heterocycles. The van der Waals surface area contributed by atoms with Crippen molar-refractivity contribution in [2.75, 3.05) is 26.4 Å². The number of allylic oxidation sites excluding steroid dienone is 6. The molecule has 1 aliphatic rings. The van der Waals surface area contributed by atoms with Crippen molar-refractivity contribution in [3.63, 3.8) is 0 Å². The lowest BCUT2D eigenvalue weighted by molar-refractivity contribution is -0.161. The van der Waals surface area contributed by atoms with Crippen molar-refractivity contribution in [2.24, 2.45) is 11.8 Å². The minimum Gasteiger partial charge on any atom is -0.462 e. The number of phosphoric ester groups is 1. The zero-order valence-electron chi connectivity index (χ0n) is 35.3. The first kappa shape index (κ1) is 53.8. The molecule has 1 saturated carbocycles. The van der Waals surface area contributed by atoms with Crippen LogP contribution in [-0.4, -0.2) is 99.3 Å². The van der Waals surface area contributed by atoms with Crippen LogP contribution in [0, 0.1) is 11.8 Å². The largest absolute Gasteiger partial charge is 0.472 e. The van der Waals surface area contributed by atoms with Crippen molar-refractivity contribution in [3.05, 3.63) is 48.6 Å².